The zero-order valence-electron chi connectivity index (χ0n) is 7.08. The monoisotopic (exact) mass is 264 g/mol. The highest BCUT2D eigenvalue weighted by Gasteiger charge is 2.08. The van der Waals surface area contributed by atoms with Crippen LogP contribution in [-0.2, 0) is 0 Å². The van der Waals surface area contributed by atoms with Crippen molar-refractivity contribution in [1.29, 1.82) is 0 Å². The summed E-state index contributed by atoms with van der Waals surface area (Å²) in [4.78, 5) is 4.12. The Hall–Kier alpha value is -0.0600. The van der Waals surface area contributed by atoms with E-state index < -0.39 is 0 Å². The Morgan fingerprint density at radius 2 is 2.09 bits per heavy atom. The summed E-state index contributed by atoms with van der Waals surface area (Å²) in [7, 11) is 0. The quantitative estimate of drug-likeness (QED) is 0.593. The molecule has 2 nitrogen and oxygen atoms in total. The largest absolute Gasteiger partial charge is 0.322 e. The van der Waals surface area contributed by atoms with Gasteiger partial charge in [0.2, 0.25) is 0 Å². The third-order valence-electron chi connectivity index (χ3n) is 1.67. The molecule has 1 heterocycles. The summed E-state index contributed by atoms with van der Waals surface area (Å²) in [6.45, 7) is 6.53. The van der Waals surface area contributed by atoms with Crippen LogP contribution in [0.2, 0.25) is 0 Å². The van der Waals surface area contributed by atoms with Crippen LogP contribution >= 0.6 is 22.6 Å². The van der Waals surface area contributed by atoms with Crippen molar-refractivity contribution in [3.05, 3.63) is 18.2 Å². The molecule has 0 saturated heterocycles. The summed E-state index contributed by atoms with van der Waals surface area (Å²) >= 11 is 2.39. The molecule has 0 fully saturated rings. The van der Waals surface area contributed by atoms with E-state index in [1.165, 1.54) is 5.69 Å². The minimum absolute atomic E-state index is 0.493. The van der Waals surface area contributed by atoms with Crippen LogP contribution in [0.4, 0.5) is 0 Å². The van der Waals surface area contributed by atoms with E-state index in [4.69, 9.17) is 0 Å². The molecular weight excluding hydrogens is 251 g/mol. The van der Waals surface area contributed by atoms with Crippen LogP contribution < -0.4 is 0 Å². The van der Waals surface area contributed by atoms with Gasteiger partial charge in [0.1, 0.15) is 0 Å². The van der Waals surface area contributed by atoms with Crippen LogP contribution in [0.25, 0.3) is 0 Å². The second kappa shape index (κ2) is 3.56. The van der Waals surface area contributed by atoms with Gasteiger partial charge < -0.3 is 4.57 Å². The Bertz CT molecular complexity index is 205. The average Bonchev–Trinajstić information content (AvgIpc) is 2.32. The minimum Gasteiger partial charge on any atom is -0.322 e. The highest BCUT2D eigenvalue weighted by molar-refractivity contribution is 14.1. The topological polar surface area (TPSA) is 17.8 Å². The van der Waals surface area contributed by atoms with Gasteiger partial charge in [0.25, 0.3) is 0 Å². The number of aromatic nitrogens is 2. The van der Waals surface area contributed by atoms with Crippen LogP contribution in [0, 0.1) is 0 Å². The zero-order valence-corrected chi connectivity index (χ0v) is 9.24. The molecule has 0 aromatic carbocycles. The Labute approximate surface area is 81.2 Å². The lowest BCUT2D eigenvalue weighted by molar-refractivity contribution is 0.675. The summed E-state index contributed by atoms with van der Waals surface area (Å²) < 4.78 is 2.69. The highest BCUT2D eigenvalue weighted by atomic mass is 127. The molecule has 0 radical (unpaired) electrons. The third-order valence-corrected chi connectivity index (χ3v) is 2.27. The Morgan fingerprint density at radius 3 is 2.45 bits per heavy atom. The van der Waals surface area contributed by atoms with Crippen LogP contribution in [0.5, 0.6) is 0 Å². The molecule has 0 amide bonds. The number of halogens is 1. The lowest BCUT2D eigenvalue weighted by Crippen LogP contribution is -2.02. The second-order valence-electron chi connectivity index (χ2n) is 2.95. The maximum atomic E-state index is 4.12. The first-order valence-electron chi connectivity index (χ1n) is 3.78. The van der Waals surface area contributed by atoms with Crippen LogP contribution in [0.15, 0.2) is 12.5 Å². The van der Waals surface area contributed by atoms with Crippen LogP contribution in [0.1, 0.15) is 36.4 Å². The molecule has 11 heavy (non-hydrogen) atoms. The molecule has 0 saturated carbocycles. The number of nitrogens with zero attached hydrogens (tertiary/aromatic N) is 2. The van der Waals surface area contributed by atoms with Gasteiger partial charge in [0.05, 0.1) is 10.4 Å². The molecule has 0 spiro atoms. The summed E-state index contributed by atoms with van der Waals surface area (Å²) in [5.41, 5.74) is 1.31. The molecule has 3 heteroatoms. The van der Waals surface area contributed by atoms with Gasteiger partial charge in [-0.3, -0.25) is 0 Å². The Morgan fingerprint density at radius 1 is 1.45 bits per heavy atom. The van der Waals surface area contributed by atoms with Crippen LogP contribution in [0.3, 0.4) is 0 Å². The molecule has 1 aromatic rings. The fourth-order valence-corrected chi connectivity index (χ4v) is 1.52. The van der Waals surface area contributed by atoms with Crippen molar-refractivity contribution in [3.8, 4) is 0 Å². The van der Waals surface area contributed by atoms with Crippen molar-refractivity contribution >= 4 is 22.6 Å². The fourth-order valence-electron chi connectivity index (χ4n) is 1.06. The van der Waals surface area contributed by atoms with Gasteiger partial charge in [-0.25, -0.2) is 4.98 Å². The van der Waals surface area contributed by atoms with Gasteiger partial charge >= 0.3 is 0 Å². The summed E-state index contributed by atoms with van der Waals surface area (Å²) in [6, 6.07) is 0. The zero-order chi connectivity index (χ0) is 8.43. The Balaban J connectivity index is 2.96. The molecule has 1 unspecified atom stereocenters. The number of rotatable bonds is 2. The maximum absolute atomic E-state index is 4.12. The van der Waals surface area contributed by atoms with E-state index in [0.717, 1.165) is 0 Å². The lowest BCUT2D eigenvalue weighted by Gasteiger charge is -2.12. The molecule has 0 aliphatic carbocycles. The molecule has 0 bridgehead atoms. The van der Waals surface area contributed by atoms with Gasteiger partial charge in [-0.1, -0.05) is 36.4 Å². The average molecular weight is 264 g/mol. The van der Waals surface area contributed by atoms with E-state index in [9.17, 15) is 0 Å². The molecule has 1 rings (SSSR count). The molecule has 0 N–H and O–H groups in total. The number of alkyl halides is 1. The van der Waals surface area contributed by atoms with Crippen molar-refractivity contribution in [2.45, 2.75) is 30.7 Å². The van der Waals surface area contributed by atoms with Gasteiger partial charge in [0.15, 0.2) is 0 Å². The van der Waals surface area contributed by atoms with Crippen molar-refractivity contribution in [3.63, 3.8) is 0 Å². The first-order chi connectivity index (χ1) is 5.13. The predicted octanol–water partition coefficient (Wildman–Crippen LogP) is 2.96. The maximum Gasteiger partial charge on any atom is 0.0957 e. The standard InChI is InChI=1S/C8H13IN2/c1-6(2)8-4-10-5-11(8)7(3)9/h4-7H,1-3H3. The summed E-state index contributed by atoms with van der Waals surface area (Å²) in [6.07, 6.45) is 3.84. The van der Waals surface area contributed by atoms with Crippen molar-refractivity contribution < 1.29 is 0 Å². The van der Waals surface area contributed by atoms with E-state index >= 15 is 0 Å². The number of imidazole rings is 1. The van der Waals surface area contributed by atoms with Crippen molar-refractivity contribution in [2.75, 3.05) is 0 Å². The highest BCUT2D eigenvalue weighted by Crippen LogP contribution is 2.21. The van der Waals surface area contributed by atoms with Gasteiger partial charge in [-0.15, -0.1) is 0 Å². The van der Waals surface area contributed by atoms with E-state index in [-0.39, 0.29) is 0 Å². The first kappa shape index (κ1) is 9.03. The van der Waals surface area contributed by atoms with Crippen LogP contribution in [-0.4, -0.2) is 9.55 Å². The van der Waals surface area contributed by atoms with Gasteiger partial charge in [-0.05, 0) is 12.8 Å². The molecule has 0 aliphatic heterocycles. The number of hydrogen-bond donors (Lipinski definition) is 0. The lowest BCUT2D eigenvalue weighted by atomic mass is 10.1. The van der Waals surface area contributed by atoms with Crippen molar-refractivity contribution in [2.24, 2.45) is 0 Å². The molecule has 1 atom stereocenters. The van der Waals surface area contributed by atoms with E-state index in [2.05, 4.69) is 52.9 Å². The van der Waals surface area contributed by atoms with Crippen molar-refractivity contribution in [1.82, 2.24) is 9.55 Å². The van der Waals surface area contributed by atoms with Gasteiger partial charge in [-0.2, -0.15) is 0 Å². The Kier molecular flexibility index (Phi) is 2.92. The molecule has 1 aromatic heterocycles. The van der Waals surface area contributed by atoms with Gasteiger partial charge in [0, 0.05) is 11.9 Å². The molecule has 62 valence electrons. The SMILES string of the molecule is CC(C)c1cncn1C(C)I. The number of hydrogen-bond acceptors (Lipinski definition) is 1. The van der Waals surface area contributed by atoms with E-state index in [1.54, 1.807) is 0 Å². The summed E-state index contributed by atoms with van der Waals surface area (Å²) in [5.74, 6) is 0.565. The molecule has 0 aliphatic rings. The van der Waals surface area contributed by atoms with E-state index in [1.807, 2.05) is 12.5 Å². The first-order valence-corrected chi connectivity index (χ1v) is 5.03. The normalized spacial score (nSPS) is 13.9. The second-order valence-corrected chi connectivity index (χ2v) is 4.76. The van der Waals surface area contributed by atoms with E-state index in [0.29, 0.717) is 9.97 Å². The third kappa shape index (κ3) is 1.95. The summed E-state index contributed by atoms with van der Waals surface area (Å²) in [5, 5.41) is 0. The smallest absolute Gasteiger partial charge is 0.0957 e. The fraction of sp³-hybridized carbons (Fsp3) is 0.625. The molecular formula is C8H13IN2. The predicted molar refractivity (Wildman–Crippen MR) is 55.0 cm³/mol. The minimum atomic E-state index is 0.493.